The van der Waals surface area contributed by atoms with Gasteiger partial charge in [-0.1, -0.05) is 13.8 Å². The van der Waals surface area contributed by atoms with E-state index in [-0.39, 0.29) is 11.8 Å². The Morgan fingerprint density at radius 1 is 1.12 bits per heavy atom. The van der Waals surface area contributed by atoms with Gasteiger partial charge in [-0.2, -0.15) is 0 Å². The van der Waals surface area contributed by atoms with Crippen molar-refractivity contribution in [3.05, 3.63) is 27.7 Å². The molecule has 1 aromatic carbocycles. The predicted octanol–water partition coefficient (Wildman–Crippen LogP) is 3.85. The number of aryl methyl sites for hydroxylation is 1. The Hall–Kier alpha value is -2.28. The van der Waals surface area contributed by atoms with Gasteiger partial charge in [0.1, 0.15) is 4.88 Å². The highest BCUT2D eigenvalue weighted by Gasteiger charge is 2.20. The number of carbonyl (C=O) groups excluding carboxylic acids is 1. The lowest BCUT2D eigenvalue weighted by atomic mass is 10.1. The summed E-state index contributed by atoms with van der Waals surface area (Å²) in [5.74, 6) is 1.43. The summed E-state index contributed by atoms with van der Waals surface area (Å²) in [6.45, 7) is 5.93. The third-order valence-corrected chi connectivity index (χ3v) is 4.42. The van der Waals surface area contributed by atoms with Gasteiger partial charge in [-0.05, 0) is 12.8 Å². The maximum Gasteiger partial charge on any atom is 0.267 e. The third-order valence-electron chi connectivity index (χ3n) is 3.44. The number of rotatable bonds is 6. The molecular formula is C17H22N2O4S. The monoisotopic (exact) mass is 350 g/mol. The zero-order valence-electron chi connectivity index (χ0n) is 14.7. The number of nitrogens with one attached hydrogen (secondary N) is 1. The highest BCUT2D eigenvalue weighted by molar-refractivity contribution is 7.13. The van der Waals surface area contributed by atoms with Crippen LogP contribution >= 0.6 is 11.3 Å². The molecule has 0 fully saturated rings. The van der Waals surface area contributed by atoms with E-state index in [0.717, 1.165) is 10.7 Å². The Kier molecular flexibility index (Phi) is 5.66. The number of nitrogens with zero attached hydrogens (tertiary/aromatic N) is 1. The SMILES string of the molecule is COc1cc(NC(=O)c2sc(C)nc2C(C)C)cc(OC)c1OC. The first kappa shape index (κ1) is 18.1. The van der Waals surface area contributed by atoms with Gasteiger partial charge in [-0.3, -0.25) is 4.79 Å². The zero-order chi connectivity index (χ0) is 17.9. The highest BCUT2D eigenvalue weighted by Crippen LogP contribution is 2.40. The van der Waals surface area contributed by atoms with E-state index in [9.17, 15) is 4.79 Å². The number of thiazole rings is 1. The minimum absolute atomic E-state index is 0.177. The first-order valence-electron chi connectivity index (χ1n) is 7.49. The van der Waals surface area contributed by atoms with Crippen molar-refractivity contribution in [3.63, 3.8) is 0 Å². The van der Waals surface area contributed by atoms with Crippen molar-refractivity contribution in [2.45, 2.75) is 26.7 Å². The van der Waals surface area contributed by atoms with Crippen molar-refractivity contribution >= 4 is 22.9 Å². The first-order valence-corrected chi connectivity index (χ1v) is 8.31. The molecule has 2 aromatic rings. The van der Waals surface area contributed by atoms with Crippen LogP contribution in [0.3, 0.4) is 0 Å². The van der Waals surface area contributed by atoms with Crippen LogP contribution in [0.2, 0.25) is 0 Å². The standard InChI is InChI=1S/C17H22N2O4S/c1-9(2)14-16(24-10(3)18-14)17(20)19-11-7-12(21-4)15(23-6)13(8-11)22-5/h7-9H,1-6H3,(H,19,20). The van der Waals surface area contributed by atoms with Gasteiger partial charge < -0.3 is 19.5 Å². The van der Waals surface area contributed by atoms with Gasteiger partial charge in [0.15, 0.2) is 11.5 Å². The average Bonchev–Trinajstić information content (AvgIpc) is 2.96. The lowest BCUT2D eigenvalue weighted by Gasteiger charge is -2.14. The molecule has 0 aliphatic carbocycles. The lowest BCUT2D eigenvalue weighted by Crippen LogP contribution is -2.13. The minimum Gasteiger partial charge on any atom is -0.493 e. The molecule has 1 N–H and O–H groups in total. The Morgan fingerprint density at radius 2 is 1.71 bits per heavy atom. The van der Waals surface area contributed by atoms with Crippen LogP contribution in [0, 0.1) is 6.92 Å². The second-order valence-electron chi connectivity index (χ2n) is 5.47. The van der Waals surface area contributed by atoms with E-state index in [1.807, 2.05) is 20.8 Å². The van der Waals surface area contributed by atoms with Crippen molar-refractivity contribution < 1.29 is 19.0 Å². The third kappa shape index (κ3) is 3.62. The summed E-state index contributed by atoms with van der Waals surface area (Å²) >= 11 is 1.39. The highest BCUT2D eigenvalue weighted by atomic mass is 32.1. The summed E-state index contributed by atoms with van der Waals surface area (Å²) in [5.41, 5.74) is 1.37. The number of aromatic nitrogens is 1. The first-order chi connectivity index (χ1) is 11.4. The Bertz CT molecular complexity index is 715. The van der Waals surface area contributed by atoms with Crippen LogP contribution in [0.5, 0.6) is 17.2 Å². The smallest absolute Gasteiger partial charge is 0.267 e. The fourth-order valence-electron chi connectivity index (χ4n) is 2.34. The number of hydrogen-bond acceptors (Lipinski definition) is 6. The van der Waals surface area contributed by atoms with Crippen LogP contribution in [0.4, 0.5) is 5.69 Å². The number of carbonyl (C=O) groups is 1. The van der Waals surface area contributed by atoms with Crippen LogP contribution in [-0.4, -0.2) is 32.2 Å². The fourth-order valence-corrected chi connectivity index (χ4v) is 3.31. The molecule has 0 atom stereocenters. The van der Waals surface area contributed by atoms with Crippen molar-refractivity contribution in [1.82, 2.24) is 4.98 Å². The fraction of sp³-hybridized carbons (Fsp3) is 0.412. The molecule has 1 aromatic heterocycles. The van der Waals surface area contributed by atoms with Gasteiger partial charge in [-0.15, -0.1) is 11.3 Å². The number of anilines is 1. The Balaban J connectivity index is 2.36. The van der Waals surface area contributed by atoms with E-state index in [1.165, 1.54) is 32.7 Å². The van der Waals surface area contributed by atoms with Crippen molar-refractivity contribution in [2.24, 2.45) is 0 Å². The van der Waals surface area contributed by atoms with Crippen molar-refractivity contribution in [3.8, 4) is 17.2 Å². The van der Waals surface area contributed by atoms with Crippen LogP contribution in [-0.2, 0) is 0 Å². The molecule has 0 saturated carbocycles. The largest absolute Gasteiger partial charge is 0.493 e. The molecule has 6 nitrogen and oxygen atoms in total. The molecule has 0 radical (unpaired) electrons. The summed E-state index contributed by atoms with van der Waals surface area (Å²) in [7, 11) is 4.60. The molecule has 0 spiro atoms. The van der Waals surface area contributed by atoms with Gasteiger partial charge in [0.25, 0.3) is 5.91 Å². The minimum atomic E-state index is -0.196. The lowest BCUT2D eigenvalue weighted by molar-refractivity contribution is 0.102. The number of methoxy groups -OCH3 is 3. The van der Waals surface area contributed by atoms with Crippen LogP contribution in [0.15, 0.2) is 12.1 Å². The van der Waals surface area contributed by atoms with Gasteiger partial charge in [-0.25, -0.2) is 4.98 Å². The van der Waals surface area contributed by atoms with E-state index in [2.05, 4.69) is 10.3 Å². The molecule has 0 aliphatic heterocycles. The van der Waals surface area contributed by atoms with Gasteiger partial charge in [0.05, 0.1) is 32.0 Å². The van der Waals surface area contributed by atoms with E-state index in [0.29, 0.717) is 27.8 Å². The molecule has 0 unspecified atom stereocenters. The average molecular weight is 350 g/mol. The second-order valence-corrected chi connectivity index (χ2v) is 6.67. The van der Waals surface area contributed by atoms with Gasteiger partial charge >= 0.3 is 0 Å². The van der Waals surface area contributed by atoms with Gasteiger partial charge in [0, 0.05) is 17.8 Å². The summed E-state index contributed by atoms with van der Waals surface area (Å²) in [6.07, 6.45) is 0. The van der Waals surface area contributed by atoms with E-state index in [1.54, 1.807) is 12.1 Å². The molecule has 24 heavy (non-hydrogen) atoms. The molecule has 7 heteroatoms. The van der Waals surface area contributed by atoms with Crippen LogP contribution in [0.1, 0.15) is 40.1 Å². The summed E-state index contributed by atoms with van der Waals surface area (Å²) in [6, 6.07) is 3.39. The maximum absolute atomic E-state index is 12.7. The predicted molar refractivity (Wildman–Crippen MR) is 95.0 cm³/mol. The van der Waals surface area contributed by atoms with Crippen molar-refractivity contribution in [1.29, 1.82) is 0 Å². The number of benzene rings is 1. The topological polar surface area (TPSA) is 69.7 Å². The Morgan fingerprint density at radius 3 is 2.17 bits per heavy atom. The van der Waals surface area contributed by atoms with E-state index in [4.69, 9.17) is 14.2 Å². The molecule has 0 aliphatic rings. The molecule has 1 amide bonds. The van der Waals surface area contributed by atoms with Gasteiger partial charge in [0.2, 0.25) is 5.75 Å². The number of hydrogen-bond donors (Lipinski definition) is 1. The molecule has 1 heterocycles. The maximum atomic E-state index is 12.7. The normalized spacial score (nSPS) is 10.6. The molecule has 130 valence electrons. The van der Waals surface area contributed by atoms with Crippen molar-refractivity contribution in [2.75, 3.05) is 26.6 Å². The quantitative estimate of drug-likeness (QED) is 0.857. The summed E-state index contributed by atoms with van der Waals surface area (Å²) in [5, 5.41) is 3.75. The van der Waals surface area contributed by atoms with E-state index >= 15 is 0 Å². The molecule has 0 bridgehead atoms. The van der Waals surface area contributed by atoms with Crippen LogP contribution in [0.25, 0.3) is 0 Å². The molecular weight excluding hydrogens is 328 g/mol. The Labute approximate surface area is 145 Å². The van der Waals surface area contributed by atoms with E-state index < -0.39 is 0 Å². The summed E-state index contributed by atoms with van der Waals surface area (Å²) < 4.78 is 15.9. The number of ether oxygens (including phenoxy) is 3. The summed E-state index contributed by atoms with van der Waals surface area (Å²) in [4.78, 5) is 17.7. The second kappa shape index (κ2) is 7.53. The molecule has 0 saturated heterocycles. The molecule has 2 rings (SSSR count). The van der Waals surface area contributed by atoms with Crippen LogP contribution < -0.4 is 19.5 Å². The zero-order valence-corrected chi connectivity index (χ0v) is 15.5. The number of amides is 1.